The number of benzene rings is 4. The quantitative estimate of drug-likeness (QED) is 0.0754. The molecule has 0 amide bonds. The van der Waals surface area contributed by atoms with Crippen LogP contribution in [0.2, 0.25) is 0 Å². The molecular weight excluding hydrogens is 737 g/mol. The van der Waals surface area contributed by atoms with Crippen LogP contribution in [0.25, 0.3) is 6.08 Å². The third kappa shape index (κ3) is 12.0. The van der Waals surface area contributed by atoms with E-state index >= 15 is 0 Å². The van der Waals surface area contributed by atoms with Crippen LogP contribution in [0, 0.1) is 39.5 Å². The highest BCUT2D eigenvalue weighted by molar-refractivity contribution is 5.57. The van der Waals surface area contributed by atoms with Crippen molar-refractivity contribution in [3.8, 4) is 23.3 Å². The summed E-state index contributed by atoms with van der Waals surface area (Å²) >= 11 is 0. The molecule has 326 valence electrons. The fourth-order valence-electron chi connectivity index (χ4n) is 9.30. The van der Waals surface area contributed by atoms with Crippen molar-refractivity contribution >= 4 is 6.08 Å². The molecule has 0 saturated carbocycles. The number of rotatable bonds is 18. The van der Waals surface area contributed by atoms with Crippen molar-refractivity contribution in [2.75, 3.05) is 0 Å². The standard InChI is InChI=1S/C28H40O2.C28H38O2/c2*1-7-16-27(30,17-8-2)18-15-23-11-12-24(19-21(23)5)28(9-3,10-4)25-13-14-26(29)22(6)20-25/h11-15,18-20,29-30H,7-10,16-17H2,1-6H3;11-14,19-20,29-30H,7-10,16-17H2,1-6H3/b18-15+;. The minimum atomic E-state index is -0.894. The van der Waals surface area contributed by atoms with E-state index in [2.05, 4.69) is 142 Å². The smallest absolute Gasteiger partial charge is 0.125 e. The van der Waals surface area contributed by atoms with Gasteiger partial charge in [-0.3, -0.25) is 0 Å². The molecule has 4 rings (SSSR count). The summed E-state index contributed by atoms with van der Waals surface area (Å²) in [5.41, 5.74) is 9.62. The third-order valence-electron chi connectivity index (χ3n) is 13.2. The number of hydrogen-bond donors (Lipinski definition) is 4. The molecule has 0 atom stereocenters. The molecule has 0 unspecified atom stereocenters. The zero-order chi connectivity index (χ0) is 44.7. The van der Waals surface area contributed by atoms with Crippen molar-refractivity contribution in [1.82, 2.24) is 0 Å². The molecule has 60 heavy (non-hydrogen) atoms. The van der Waals surface area contributed by atoms with Gasteiger partial charge in [-0.1, -0.05) is 160 Å². The average Bonchev–Trinajstić information content (AvgIpc) is 3.22. The predicted octanol–water partition coefficient (Wildman–Crippen LogP) is 14.3. The first-order valence-electron chi connectivity index (χ1n) is 23.0. The fourth-order valence-corrected chi connectivity index (χ4v) is 9.30. The van der Waals surface area contributed by atoms with Crippen LogP contribution in [0.1, 0.15) is 188 Å². The summed E-state index contributed by atoms with van der Waals surface area (Å²) < 4.78 is 0. The maximum absolute atomic E-state index is 10.9. The zero-order valence-electron chi connectivity index (χ0n) is 39.4. The van der Waals surface area contributed by atoms with Crippen LogP contribution in [0.4, 0.5) is 0 Å². The van der Waals surface area contributed by atoms with E-state index in [4.69, 9.17) is 0 Å². The van der Waals surface area contributed by atoms with Gasteiger partial charge in [0, 0.05) is 16.4 Å². The zero-order valence-corrected chi connectivity index (χ0v) is 39.4. The van der Waals surface area contributed by atoms with E-state index in [1.165, 1.54) is 27.8 Å². The van der Waals surface area contributed by atoms with E-state index in [0.717, 1.165) is 92.0 Å². The monoisotopic (exact) mass is 815 g/mol. The van der Waals surface area contributed by atoms with Crippen molar-refractivity contribution in [2.24, 2.45) is 0 Å². The van der Waals surface area contributed by atoms with Crippen molar-refractivity contribution in [3.05, 3.63) is 135 Å². The summed E-state index contributed by atoms with van der Waals surface area (Å²) in [6.07, 6.45) is 14.8. The highest BCUT2D eigenvalue weighted by atomic mass is 16.3. The second kappa shape index (κ2) is 22.5. The van der Waals surface area contributed by atoms with Gasteiger partial charge in [0.25, 0.3) is 0 Å². The van der Waals surface area contributed by atoms with E-state index in [1.807, 2.05) is 32.1 Å². The topological polar surface area (TPSA) is 80.9 Å². The third-order valence-corrected chi connectivity index (χ3v) is 13.2. The highest BCUT2D eigenvalue weighted by Crippen LogP contribution is 2.42. The summed E-state index contributed by atoms with van der Waals surface area (Å²) in [5.74, 6) is 7.12. The highest BCUT2D eigenvalue weighted by Gasteiger charge is 2.33. The molecule has 0 fully saturated rings. The minimum absolute atomic E-state index is 0.0728. The Morgan fingerprint density at radius 3 is 1.23 bits per heavy atom. The maximum Gasteiger partial charge on any atom is 0.125 e. The van der Waals surface area contributed by atoms with Crippen LogP contribution in [0.15, 0.2) is 78.9 Å². The molecule has 0 heterocycles. The number of phenolic OH excluding ortho intramolecular Hbond substituents is 2. The molecule has 0 aliphatic carbocycles. The molecule has 4 N–H and O–H groups in total. The molecule has 0 bridgehead atoms. The first-order chi connectivity index (χ1) is 28.5. The Hall–Kier alpha value is -4.30. The Kier molecular flexibility index (Phi) is 18.8. The van der Waals surface area contributed by atoms with Gasteiger partial charge in [-0.25, -0.2) is 0 Å². The van der Waals surface area contributed by atoms with Crippen LogP contribution in [0.5, 0.6) is 11.5 Å². The van der Waals surface area contributed by atoms with Crippen LogP contribution in [0.3, 0.4) is 0 Å². The largest absolute Gasteiger partial charge is 0.508 e. The van der Waals surface area contributed by atoms with Crippen LogP contribution in [-0.4, -0.2) is 31.6 Å². The lowest BCUT2D eigenvalue weighted by molar-refractivity contribution is 0.0714. The Bertz CT molecular complexity index is 2050. The number of aromatic hydroxyl groups is 2. The minimum Gasteiger partial charge on any atom is -0.508 e. The Labute approximate surface area is 365 Å². The molecule has 0 radical (unpaired) electrons. The van der Waals surface area contributed by atoms with E-state index in [0.29, 0.717) is 24.3 Å². The van der Waals surface area contributed by atoms with Gasteiger partial charge in [0.05, 0.1) is 5.60 Å². The van der Waals surface area contributed by atoms with Gasteiger partial charge in [-0.15, -0.1) is 0 Å². The lowest BCUT2D eigenvalue weighted by Crippen LogP contribution is -2.26. The maximum atomic E-state index is 10.9. The van der Waals surface area contributed by atoms with Gasteiger partial charge in [-0.05, 0) is 147 Å². The van der Waals surface area contributed by atoms with Crippen molar-refractivity contribution in [3.63, 3.8) is 0 Å². The van der Waals surface area contributed by atoms with Crippen molar-refractivity contribution in [2.45, 2.75) is 182 Å². The molecule has 4 nitrogen and oxygen atoms in total. The van der Waals surface area contributed by atoms with Gasteiger partial charge in [-0.2, -0.15) is 0 Å². The first kappa shape index (κ1) is 50.1. The van der Waals surface area contributed by atoms with E-state index in [1.54, 1.807) is 6.07 Å². The number of aliphatic hydroxyl groups is 2. The molecular formula is C56H78O4. The van der Waals surface area contributed by atoms with Gasteiger partial charge >= 0.3 is 0 Å². The van der Waals surface area contributed by atoms with Gasteiger partial charge in [0.1, 0.15) is 17.1 Å². The van der Waals surface area contributed by atoms with Crippen molar-refractivity contribution in [1.29, 1.82) is 0 Å². The number of phenols is 2. The summed E-state index contributed by atoms with van der Waals surface area (Å²) in [7, 11) is 0. The molecule has 0 aromatic heterocycles. The van der Waals surface area contributed by atoms with Crippen LogP contribution in [-0.2, 0) is 10.8 Å². The van der Waals surface area contributed by atoms with Crippen LogP contribution >= 0.6 is 0 Å². The molecule has 0 aliphatic rings. The lowest BCUT2D eigenvalue weighted by atomic mass is 9.70. The Morgan fingerprint density at radius 1 is 0.483 bits per heavy atom. The predicted molar refractivity (Wildman–Crippen MR) is 256 cm³/mol. The average molecular weight is 815 g/mol. The lowest BCUT2D eigenvalue weighted by Gasteiger charge is -2.34. The number of aryl methyl sites for hydroxylation is 4. The normalized spacial score (nSPS) is 12.2. The van der Waals surface area contributed by atoms with Crippen LogP contribution < -0.4 is 0 Å². The fraction of sp³-hybridized carbons (Fsp3) is 0.500. The Balaban J connectivity index is 0.000000320. The first-order valence-corrected chi connectivity index (χ1v) is 23.0. The van der Waals surface area contributed by atoms with E-state index in [9.17, 15) is 20.4 Å². The summed E-state index contributed by atoms with van der Waals surface area (Å²) in [5, 5.41) is 41.7. The van der Waals surface area contributed by atoms with Crippen molar-refractivity contribution < 1.29 is 20.4 Å². The van der Waals surface area contributed by atoms with E-state index in [-0.39, 0.29) is 10.8 Å². The summed E-state index contributed by atoms with van der Waals surface area (Å²) in [6.45, 7) is 25.5. The second-order valence-corrected chi connectivity index (χ2v) is 17.4. The molecule has 4 heteroatoms. The SMILES string of the molecule is CCCC(O)(/C=C/c1ccc(C(CC)(CC)c2ccc(O)c(C)c2)cc1C)CCC.CCCC(O)(C#Cc1ccc(C(CC)(CC)c2ccc(O)c(C)c2)cc1C)CCC. The molecule has 4 aromatic carbocycles. The summed E-state index contributed by atoms with van der Waals surface area (Å²) in [4.78, 5) is 0. The van der Waals surface area contributed by atoms with Gasteiger partial charge < -0.3 is 20.4 Å². The molecule has 0 aliphatic heterocycles. The van der Waals surface area contributed by atoms with Gasteiger partial charge in [0.2, 0.25) is 0 Å². The number of hydrogen-bond acceptors (Lipinski definition) is 4. The van der Waals surface area contributed by atoms with Gasteiger partial charge in [0.15, 0.2) is 0 Å². The summed E-state index contributed by atoms with van der Waals surface area (Å²) in [6, 6.07) is 25.2. The molecule has 0 saturated heterocycles. The second-order valence-electron chi connectivity index (χ2n) is 17.4. The molecule has 0 spiro atoms. The molecule has 4 aromatic rings. The Morgan fingerprint density at radius 2 is 0.867 bits per heavy atom. The van der Waals surface area contributed by atoms with E-state index < -0.39 is 11.2 Å².